The van der Waals surface area contributed by atoms with Crippen LogP contribution in [0.15, 0.2) is 12.3 Å². The van der Waals surface area contributed by atoms with Gasteiger partial charge in [-0.2, -0.15) is 13.2 Å². The largest absolute Gasteiger partial charge is 0.417 e. The van der Waals surface area contributed by atoms with Crippen LogP contribution in [0.25, 0.3) is 0 Å². The fourth-order valence-electron chi connectivity index (χ4n) is 2.29. The van der Waals surface area contributed by atoms with Gasteiger partial charge in [0.2, 0.25) is 0 Å². The normalized spacial score (nSPS) is 23.6. The maximum atomic E-state index is 12.5. The van der Waals surface area contributed by atoms with Gasteiger partial charge >= 0.3 is 6.18 Å². The summed E-state index contributed by atoms with van der Waals surface area (Å²) in [5, 5.41) is 6.36. The fourth-order valence-corrected chi connectivity index (χ4v) is 2.52. The monoisotopic (exact) mass is 307 g/mol. The molecule has 2 N–H and O–H groups in total. The van der Waals surface area contributed by atoms with Crippen molar-refractivity contribution in [2.24, 2.45) is 5.41 Å². The van der Waals surface area contributed by atoms with Crippen LogP contribution in [0.4, 0.5) is 19.0 Å². The molecule has 1 aliphatic rings. The highest BCUT2D eigenvalue weighted by Gasteiger charge is 2.32. The molecule has 0 bridgehead atoms. The predicted molar refractivity (Wildman–Crippen MR) is 72.9 cm³/mol. The summed E-state index contributed by atoms with van der Waals surface area (Å²) in [6, 6.07) is 0.901. The standard InChI is InChI=1S/C13H17ClF3N3/c1-12(3-2-4-18-7-12)8-20-11-10(14)5-9(6-19-11)13(15,16)17/h5-6,18H,2-4,7-8H2,1H3,(H,19,20). The van der Waals surface area contributed by atoms with E-state index in [9.17, 15) is 13.2 Å². The minimum absolute atomic E-state index is 0.00723. The molecule has 7 heteroatoms. The van der Waals surface area contributed by atoms with Crippen molar-refractivity contribution in [2.75, 3.05) is 25.0 Å². The van der Waals surface area contributed by atoms with Gasteiger partial charge in [0.25, 0.3) is 0 Å². The summed E-state index contributed by atoms with van der Waals surface area (Å²) in [4.78, 5) is 3.78. The molecule has 1 unspecified atom stereocenters. The number of nitrogens with zero attached hydrogens (tertiary/aromatic N) is 1. The SMILES string of the molecule is CC1(CNc2ncc(C(F)(F)F)cc2Cl)CCCNC1. The van der Waals surface area contributed by atoms with E-state index in [1.807, 2.05) is 0 Å². The van der Waals surface area contributed by atoms with Crippen molar-refractivity contribution in [3.63, 3.8) is 0 Å². The summed E-state index contributed by atoms with van der Waals surface area (Å²) in [5.41, 5.74) is -0.773. The average Bonchev–Trinajstić information content (AvgIpc) is 2.37. The first-order chi connectivity index (χ1) is 9.30. The highest BCUT2D eigenvalue weighted by molar-refractivity contribution is 6.32. The lowest BCUT2D eigenvalue weighted by Gasteiger charge is -2.34. The molecule has 0 saturated carbocycles. The van der Waals surface area contributed by atoms with Crippen molar-refractivity contribution in [1.29, 1.82) is 0 Å². The van der Waals surface area contributed by atoms with Crippen molar-refractivity contribution in [3.05, 3.63) is 22.8 Å². The molecule has 0 aliphatic carbocycles. The van der Waals surface area contributed by atoms with Gasteiger partial charge in [0, 0.05) is 19.3 Å². The highest BCUT2D eigenvalue weighted by atomic mass is 35.5. The Bertz CT molecular complexity index is 470. The van der Waals surface area contributed by atoms with E-state index in [0.29, 0.717) is 12.4 Å². The molecule has 0 spiro atoms. The summed E-state index contributed by atoms with van der Waals surface area (Å²) >= 11 is 5.86. The van der Waals surface area contributed by atoms with Crippen LogP contribution in [0, 0.1) is 5.41 Å². The molecule has 1 fully saturated rings. The first kappa shape index (κ1) is 15.4. The first-order valence-corrected chi connectivity index (χ1v) is 6.85. The average molecular weight is 308 g/mol. The van der Waals surface area contributed by atoms with E-state index in [0.717, 1.165) is 38.2 Å². The van der Waals surface area contributed by atoms with Crippen molar-refractivity contribution in [1.82, 2.24) is 10.3 Å². The first-order valence-electron chi connectivity index (χ1n) is 6.48. The van der Waals surface area contributed by atoms with Gasteiger partial charge in [0.15, 0.2) is 0 Å². The Morgan fingerprint density at radius 1 is 1.50 bits per heavy atom. The molecule has 2 heterocycles. The van der Waals surface area contributed by atoms with Crippen LogP contribution in [0.1, 0.15) is 25.3 Å². The number of nitrogens with one attached hydrogen (secondary N) is 2. The van der Waals surface area contributed by atoms with E-state index < -0.39 is 11.7 Å². The van der Waals surface area contributed by atoms with Crippen molar-refractivity contribution in [2.45, 2.75) is 25.9 Å². The second-order valence-electron chi connectivity index (χ2n) is 5.50. The molecule has 0 aromatic carbocycles. The van der Waals surface area contributed by atoms with E-state index in [-0.39, 0.29) is 10.4 Å². The molecule has 1 aromatic heterocycles. The van der Waals surface area contributed by atoms with Crippen molar-refractivity contribution < 1.29 is 13.2 Å². The smallest absolute Gasteiger partial charge is 0.368 e. The Hall–Kier alpha value is -1.01. The number of hydrogen-bond donors (Lipinski definition) is 2. The molecule has 0 radical (unpaired) electrons. The summed E-state index contributed by atoms with van der Waals surface area (Å²) in [7, 11) is 0. The Morgan fingerprint density at radius 2 is 2.25 bits per heavy atom. The van der Waals surface area contributed by atoms with Gasteiger partial charge in [-0.15, -0.1) is 0 Å². The number of aromatic nitrogens is 1. The highest BCUT2D eigenvalue weighted by Crippen LogP contribution is 2.33. The quantitative estimate of drug-likeness (QED) is 0.896. The van der Waals surface area contributed by atoms with Gasteiger partial charge < -0.3 is 10.6 Å². The molecule has 2 rings (SSSR count). The molecule has 3 nitrogen and oxygen atoms in total. The lowest BCUT2D eigenvalue weighted by molar-refractivity contribution is -0.137. The minimum Gasteiger partial charge on any atom is -0.368 e. The molecule has 1 aliphatic heterocycles. The van der Waals surface area contributed by atoms with E-state index in [2.05, 4.69) is 22.5 Å². The number of pyridine rings is 1. The minimum atomic E-state index is -4.42. The van der Waals surface area contributed by atoms with Crippen LogP contribution >= 0.6 is 11.6 Å². The third-order valence-electron chi connectivity index (χ3n) is 3.54. The van der Waals surface area contributed by atoms with Crippen LogP contribution < -0.4 is 10.6 Å². The maximum Gasteiger partial charge on any atom is 0.417 e. The lowest BCUT2D eigenvalue weighted by Crippen LogP contribution is -2.42. The van der Waals surface area contributed by atoms with E-state index in [1.165, 1.54) is 0 Å². The van der Waals surface area contributed by atoms with Crippen LogP contribution in [-0.2, 0) is 6.18 Å². The van der Waals surface area contributed by atoms with Gasteiger partial charge in [-0.1, -0.05) is 18.5 Å². The Morgan fingerprint density at radius 3 is 2.80 bits per heavy atom. The lowest BCUT2D eigenvalue weighted by atomic mass is 9.83. The molecule has 1 aromatic rings. The maximum absolute atomic E-state index is 12.5. The number of anilines is 1. The number of halogens is 4. The molecule has 20 heavy (non-hydrogen) atoms. The summed E-state index contributed by atoms with van der Waals surface area (Å²) in [5.74, 6) is 0.298. The molecular formula is C13H17ClF3N3. The molecular weight excluding hydrogens is 291 g/mol. The second-order valence-corrected chi connectivity index (χ2v) is 5.90. The fraction of sp³-hybridized carbons (Fsp3) is 0.615. The molecule has 1 saturated heterocycles. The predicted octanol–water partition coefficient (Wildman–Crippen LogP) is 3.56. The number of alkyl halides is 3. The van der Waals surface area contributed by atoms with Crippen LogP contribution in [0.5, 0.6) is 0 Å². The topological polar surface area (TPSA) is 37.0 Å². The van der Waals surface area contributed by atoms with Gasteiger partial charge in [0.05, 0.1) is 10.6 Å². The zero-order valence-corrected chi connectivity index (χ0v) is 11.9. The zero-order chi connectivity index (χ0) is 14.8. The van der Waals surface area contributed by atoms with E-state index in [4.69, 9.17) is 11.6 Å². The zero-order valence-electron chi connectivity index (χ0n) is 11.1. The van der Waals surface area contributed by atoms with E-state index >= 15 is 0 Å². The Kier molecular flexibility index (Phi) is 4.44. The summed E-state index contributed by atoms with van der Waals surface area (Å²) in [6.45, 7) is 4.63. The van der Waals surface area contributed by atoms with Crippen LogP contribution in [0.2, 0.25) is 5.02 Å². The number of hydrogen-bond acceptors (Lipinski definition) is 3. The second kappa shape index (κ2) is 5.77. The Balaban J connectivity index is 2.03. The van der Waals surface area contributed by atoms with Gasteiger partial charge in [0.1, 0.15) is 5.82 Å². The third-order valence-corrected chi connectivity index (χ3v) is 3.82. The third kappa shape index (κ3) is 3.76. The van der Waals surface area contributed by atoms with Crippen molar-refractivity contribution in [3.8, 4) is 0 Å². The van der Waals surface area contributed by atoms with Crippen molar-refractivity contribution >= 4 is 17.4 Å². The van der Waals surface area contributed by atoms with E-state index in [1.54, 1.807) is 0 Å². The molecule has 0 amide bonds. The van der Waals surface area contributed by atoms with Gasteiger partial charge in [-0.05, 0) is 30.9 Å². The van der Waals surface area contributed by atoms with Crippen LogP contribution in [-0.4, -0.2) is 24.6 Å². The van der Waals surface area contributed by atoms with Gasteiger partial charge in [-0.25, -0.2) is 4.98 Å². The molecule has 112 valence electrons. The summed E-state index contributed by atoms with van der Waals surface area (Å²) in [6.07, 6.45) is -1.47. The Labute approximate surface area is 120 Å². The van der Waals surface area contributed by atoms with Gasteiger partial charge in [-0.3, -0.25) is 0 Å². The molecule has 1 atom stereocenters. The summed E-state index contributed by atoms with van der Waals surface area (Å²) < 4.78 is 37.5. The van der Waals surface area contributed by atoms with Crippen LogP contribution in [0.3, 0.4) is 0 Å². The number of piperidine rings is 1. The number of rotatable bonds is 3.